The molecule has 1 aromatic carbocycles. The number of carbonyl (C=O) groups excluding carboxylic acids is 1. The van der Waals surface area contributed by atoms with Gasteiger partial charge >= 0.3 is 5.97 Å². The fraction of sp³-hybridized carbons (Fsp3) is 0.429. The first kappa shape index (κ1) is 15.9. The van der Waals surface area contributed by atoms with Crippen molar-refractivity contribution in [1.29, 1.82) is 0 Å². The number of halogens is 1. The highest BCUT2D eigenvalue weighted by molar-refractivity contribution is 5.71. The number of rotatable bonds is 4. The molecule has 0 aliphatic carbocycles. The third-order valence-electron chi connectivity index (χ3n) is 2.64. The molecular weight excluding hydrogens is 291 g/mol. The molecule has 2 rings (SSSR count). The fourth-order valence-corrected chi connectivity index (χ4v) is 1.85. The zero-order chi connectivity index (χ0) is 16.3. The lowest BCUT2D eigenvalue weighted by Crippen LogP contribution is -2.27. The van der Waals surface area contributed by atoms with Crippen LogP contribution in [0.4, 0.5) is 4.39 Å². The summed E-state index contributed by atoms with van der Waals surface area (Å²) in [5.41, 5.74) is -0.115. The van der Waals surface area contributed by atoms with Crippen molar-refractivity contribution in [2.75, 3.05) is 7.11 Å². The first-order chi connectivity index (χ1) is 10.3. The molecule has 118 valence electrons. The molecule has 7 nitrogen and oxygen atoms in total. The normalized spacial score (nSPS) is 11.3. The average molecular weight is 308 g/mol. The van der Waals surface area contributed by atoms with Gasteiger partial charge in [0.05, 0.1) is 12.7 Å². The lowest BCUT2D eigenvalue weighted by atomic mass is 10.2. The fourth-order valence-electron chi connectivity index (χ4n) is 1.85. The van der Waals surface area contributed by atoms with Crippen LogP contribution in [0.5, 0.6) is 5.75 Å². The van der Waals surface area contributed by atoms with Gasteiger partial charge in [-0.05, 0) is 43.3 Å². The van der Waals surface area contributed by atoms with Gasteiger partial charge in [-0.2, -0.15) is 0 Å². The number of carbonyl (C=O) groups is 1. The van der Waals surface area contributed by atoms with Crippen molar-refractivity contribution in [3.63, 3.8) is 0 Å². The van der Waals surface area contributed by atoms with Gasteiger partial charge in [0.1, 0.15) is 23.7 Å². The van der Waals surface area contributed by atoms with Crippen molar-refractivity contribution in [3.05, 3.63) is 24.0 Å². The van der Waals surface area contributed by atoms with Crippen molar-refractivity contribution in [3.8, 4) is 17.1 Å². The van der Waals surface area contributed by atoms with Crippen LogP contribution in [0.3, 0.4) is 0 Å². The Labute approximate surface area is 127 Å². The standard InChI is InChI=1S/C14H17FN4O3/c1-14(2,3)22-12(20)8-19-13(16-17-18-19)10-6-5-9(15)7-11(10)21-4/h5-7H,8H2,1-4H3. The smallest absolute Gasteiger partial charge is 0.328 e. The molecule has 0 saturated carbocycles. The molecule has 0 amide bonds. The number of hydrogen-bond acceptors (Lipinski definition) is 6. The Balaban J connectivity index is 2.29. The van der Waals surface area contributed by atoms with E-state index in [1.54, 1.807) is 20.8 Å². The third kappa shape index (κ3) is 3.78. The van der Waals surface area contributed by atoms with Crippen LogP contribution in [0.25, 0.3) is 11.4 Å². The summed E-state index contributed by atoms with van der Waals surface area (Å²) >= 11 is 0. The van der Waals surface area contributed by atoms with Crippen LogP contribution in [-0.4, -0.2) is 38.9 Å². The third-order valence-corrected chi connectivity index (χ3v) is 2.64. The quantitative estimate of drug-likeness (QED) is 0.802. The molecular formula is C14H17FN4O3. The van der Waals surface area contributed by atoms with Crippen LogP contribution in [0, 0.1) is 5.82 Å². The second-order valence-corrected chi connectivity index (χ2v) is 5.59. The maximum atomic E-state index is 13.3. The molecule has 0 N–H and O–H groups in total. The summed E-state index contributed by atoms with van der Waals surface area (Å²) in [5, 5.41) is 11.2. The molecule has 1 heterocycles. The Bertz CT molecular complexity index is 679. The summed E-state index contributed by atoms with van der Waals surface area (Å²) in [4.78, 5) is 11.9. The molecule has 0 unspecified atom stereocenters. The van der Waals surface area contributed by atoms with Crippen molar-refractivity contribution >= 4 is 5.97 Å². The molecule has 0 aliphatic heterocycles. The summed E-state index contributed by atoms with van der Waals surface area (Å²) < 4.78 is 24.9. The molecule has 0 radical (unpaired) electrons. The number of esters is 1. The van der Waals surface area contributed by atoms with Crippen molar-refractivity contribution in [2.24, 2.45) is 0 Å². The van der Waals surface area contributed by atoms with Crippen LogP contribution in [-0.2, 0) is 16.1 Å². The highest BCUT2D eigenvalue weighted by Gasteiger charge is 2.20. The summed E-state index contributed by atoms with van der Waals surface area (Å²) in [7, 11) is 1.42. The first-order valence-corrected chi connectivity index (χ1v) is 6.62. The molecule has 0 aliphatic rings. The van der Waals surface area contributed by atoms with E-state index in [4.69, 9.17) is 9.47 Å². The lowest BCUT2D eigenvalue weighted by Gasteiger charge is -2.19. The van der Waals surface area contributed by atoms with E-state index in [1.807, 2.05) is 0 Å². The number of hydrogen-bond donors (Lipinski definition) is 0. The molecule has 8 heteroatoms. The lowest BCUT2D eigenvalue weighted by molar-refractivity contribution is -0.155. The van der Waals surface area contributed by atoms with E-state index in [0.29, 0.717) is 11.4 Å². The molecule has 0 spiro atoms. The van der Waals surface area contributed by atoms with E-state index in [0.717, 1.165) is 0 Å². The molecule has 0 bridgehead atoms. The number of ether oxygens (including phenoxy) is 2. The Hall–Kier alpha value is -2.51. The van der Waals surface area contributed by atoms with Gasteiger partial charge in [-0.25, -0.2) is 9.07 Å². The Morgan fingerprint density at radius 2 is 2.09 bits per heavy atom. The van der Waals surface area contributed by atoms with Crippen molar-refractivity contribution < 1.29 is 18.7 Å². The Morgan fingerprint density at radius 1 is 1.36 bits per heavy atom. The van der Waals surface area contributed by atoms with Gasteiger partial charge in [-0.15, -0.1) is 5.10 Å². The molecule has 0 atom stereocenters. The van der Waals surface area contributed by atoms with Gasteiger partial charge in [-0.3, -0.25) is 4.79 Å². The van der Waals surface area contributed by atoms with E-state index >= 15 is 0 Å². The van der Waals surface area contributed by atoms with E-state index < -0.39 is 17.4 Å². The highest BCUT2D eigenvalue weighted by Crippen LogP contribution is 2.28. The average Bonchev–Trinajstić information content (AvgIpc) is 2.84. The second-order valence-electron chi connectivity index (χ2n) is 5.59. The number of tetrazole rings is 1. The molecule has 2 aromatic rings. The monoisotopic (exact) mass is 308 g/mol. The van der Waals surface area contributed by atoms with E-state index in [1.165, 1.54) is 30.0 Å². The molecule has 0 saturated heterocycles. The highest BCUT2D eigenvalue weighted by atomic mass is 19.1. The van der Waals surface area contributed by atoms with E-state index in [-0.39, 0.29) is 12.3 Å². The van der Waals surface area contributed by atoms with Gasteiger partial charge in [0.25, 0.3) is 0 Å². The summed E-state index contributed by atoms with van der Waals surface area (Å²) in [5.74, 6) is -0.336. The minimum absolute atomic E-state index is 0.153. The Morgan fingerprint density at radius 3 is 2.73 bits per heavy atom. The SMILES string of the molecule is COc1cc(F)ccc1-c1nnnn1CC(=O)OC(C)(C)C. The van der Waals surface area contributed by atoms with Crippen LogP contribution in [0.15, 0.2) is 18.2 Å². The number of methoxy groups -OCH3 is 1. The van der Waals surface area contributed by atoms with Gasteiger partial charge in [-0.1, -0.05) is 0 Å². The van der Waals surface area contributed by atoms with Crippen LogP contribution < -0.4 is 4.74 Å². The minimum Gasteiger partial charge on any atom is -0.496 e. The largest absolute Gasteiger partial charge is 0.496 e. The van der Waals surface area contributed by atoms with Crippen LogP contribution in [0.2, 0.25) is 0 Å². The molecule has 0 fully saturated rings. The number of nitrogens with zero attached hydrogens (tertiary/aromatic N) is 4. The zero-order valence-corrected chi connectivity index (χ0v) is 12.8. The summed E-state index contributed by atoms with van der Waals surface area (Å²) in [6, 6.07) is 3.98. The maximum Gasteiger partial charge on any atom is 0.328 e. The van der Waals surface area contributed by atoms with E-state index in [9.17, 15) is 9.18 Å². The van der Waals surface area contributed by atoms with Gasteiger partial charge in [0.2, 0.25) is 0 Å². The molecule has 1 aromatic heterocycles. The summed E-state index contributed by atoms with van der Waals surface area (Å²) in [6.45, 7) is 5.16. The van der Waals surface area contributed by atoms with E-state index in [2.05, 4.69) is 15.5 Å². The predicted octanol–water partition coefficient (Wildman–Crippen LogP) is 1.83. The van der Waals surface area contributed by atoms with Gasteiger partial charge < -0.3 is 9.47 Å². The predicted molar refractivity (Wildman–Crippen MR) is 75.6 cm³/mol. The number of aromatic nitrogens is 4. The summed E-state index contributed by atoms with van der Waals surface area (Å²) in [6.07, 6.45) is 0. The first-order valence-electron chi connectivity index (χ1n) is 6.62. The molecule has 22 heavy (non-hydrogen) atoms. The number of benzene rings is 1. The Kier molecular flexibility index (Phi) is 4.39. The topological polar surface area (TPSA) is 79.1 Å². The maximum absolute atomic E-state index is 13.3. The minimum atomic E-state index is -0.598. The van der Waals surface area contributed by atoms with Gasteiger partial charge in [0, 0.05) is 6.07 Å². The van der Waals surface area contributed by atoms with Crippen molar-refractivity contribution in [1.82, 2.24) is 20.2 Å². The van der Waals surface area contributed by atoms with Crippen LogP contribution in [0.1, 0.15) is 20.8 Å². The van der Waals surface area contributed by atoms with Gasteiger partial charge in [0.15, 0.2) is 5.82 Å². The van der Waals surface area contributed by atoms with Crippen molar-refractivity contribution in [2.45, 2.75) is 32.9 Å². The second kappa shape index (κ2) is 6.08. The zero-order valence-electron chi connectivity index (χ0n) is 12.8. The van der Waals surface area contributed by atoms with Crippen LogP contribution >= 0.6 is 0 Å².